The summed E-state index contributed by atoms with van der Waals surface area (Å²) >= 11 is 0. The molecule has 2 aromatic rings. The van der Waals surface area contributed by atoms with Gasteiger partial charge in [0.1, 0.15) is 28.4 Å². The van der Waals surface area contributed by atoms with Gasteiger partial charge in [-0.25, -0.2) is 0 Å². The summed E-state index contributed by atoms with van der Waals surface area (Å²) in [7, 11) is 0. The van der Waals surface area contributed by atoms with E-state index in [2.05, 4.69) is 31.0 Å². The van der Waals surface area contributed by atoms with Crippen LogP contribution in [-0.4, -0.2) is 61.4 Å². The molecule has 1 aromatic carbocycles. The van der Waals surface area contributed by atoms with E-state index in [1.54, 1.807) is 36.4 Å². The molecule has 1 N–H and O–H groups in total. The van der Waals surface area contributed by atoms with Crippen LogP contribution in [0.1, 0.15) is 115 Å². The second-order valence-electron chi connectivity index (χ2n) is 17.1. The van der Waals surface area contributed by atoms with E-state index in [1.165, 1.54) is 5.57 Å². The molecule has 9 nitrogen and oxygen atoms in total. The predicted molar refractivity (Wildman–Crippen MR) is 212 cm³/mol. The summed E-state index contributed by atoms with van der Waals surface area (Å²) < 4.78 is 21.1. The molecule has 4 bridgehead atoms. The number of phenolic OH excluding ortho intramolecular Hbond substituents is 1. The number of ketones is 2. The Labute approximate surface area is 324 Å². The van der Waals surface area contributed by atoms with Crippen LogP contribution in [-0.2, 0) is 27.3 Å². The molecular formula is C46H54N2O7. The van der Waals surface area contributed by atoms with Crippen molar-refractivity contribution in [3.05, 3.63) is 99.5 Å². The van der Waals surface area contributed by atoms with Crippen molar-refractivity contribution in [3.8, 4) is 17.2 Å². The summed E-state index contributed by atoms with van der Waals surface area (Å²) in [5.74, 6) is -1.13. The number of carbonyl (C=O) groups excluding carboxylic acids is 3. The van der Waals surface area contributed by atoms with Crippen molar-refractivity contribution in [2.45, 2.75) is 123 Å². The molecule has 9 heteroatoms. The summed E-state index contributed by atoms with van der Waals surface area (Å²) in [5.41, 5.74) is 0.553. The summed E-state index contributed by atoms with van der Waals surface area (Å²) in [6.07, 6.45) is 17.4. The number of fused-ring (bicyclic) bond motifs is 2. The number of benzene rings is 1. The van der Waals surface area contributed by atoms with Gasteiger partial charge in [0.25, 0.3) is 0 Å². The van der Waals surface area contributed by atoms with E-state index < -0.39 is 28.3 Å². The lowest BCUT2D eigenvalue weighted by atomic mass is 9.51. The van der Waals surface area contributed by atoms with Crippen molar-refractivity contribution in [2.75, 3.05) is 6.54 Å². The number of Topliss-reactive ketones (excluding diaryl/α,β-unsaturated/α-hetero) is 2. The number of carbonyl (C=O) groups is 3. The number of amides is 1. The maximum Gasteiger partial charge on any atom is 0.249 e. The first-order valence-corrected chi connectivity index (χ1v) is 19.6. The number of pyridine rings is 1. The first-order valence-electron chi connectivity index (χ1n) is 19.6. The van der Waals surface area contributed by atoms with Crippen LogP contribution < -0.4 is 9.47 Å². The van der Waals surface area contributed by atoms with Gasteiger partial charge < -0.3 is 24.2 Å². The number of aromatic nitrogens is 1. The van der Waals surface area contributed by atoms with Crippen molar-refractivity contribution >= 4 is 23.5 Å². The summed E-state index contributed by atoms with van der Waals surface area (Å²) in [5, 5.41) is 12.0. The van der Waals surface area contributed by atoms with Gasteiger partial charge in [-0.2, -0.15) is 0 Å². The molecular weight excluding hydrogens is 693 g/mol. The van der Waals surface area contributed by atoms with Gasteiger partial charge in [-0.15, -0.1) is 0 Å². The predicted octanol–water partition coefficient (Wildman–Crippen LogP) is 8.60. The second kappa shape index (κ2) is 13.8. The van der Waals surface area contributed by atoms with Gasteiger partial charge in [-0.1, -0.05) is 41.5 Å². The third kappa shape index (κ3) is 6.10. The number of nitrogens with zero attached hydrogens (tertiary/aromatic N) is 2. The van der Waals surface area contributed by atoms with E-state index in [1.807, 2.05) is 65.8 Å². The molecule has 3 aliphatic heterocycles. The van der Waals surface area contributed by atoms with Gasteiger partial charge in [-0.05, 0) is 112 Å². The van der Waals surface area contributed by atoms with E-state index in [4.69, 9.17) is 14.2 Å². The van der Waals surface area contributed by atoms with E-state index in [0.717, 1.165) is 17.6 Å². The van der Waals surface area contributed by atoms with Crippen molar-refractivity contribution < 1.29 is 33.7 Å². The molecule has 1 saturated heterocycles. The Morgan fingerprint density at radius 1 is 1.04 bits per heavy atom. The highest BCUT2D eigenvalue weighted by Crippen LogP contribution is 2.68. The first-order chi connectivity index (χ1) is 26.0. The minimum Gasteiger partial charge on any atom is -0.506 e. The third-order valence-corrected chi connectivity index (χ3v) is 12.2. The van der Waals surface area contributed by atoms with E-state index in [-0.39, 0.29) is 46.9 Å². The van der Waals surface area contributed by atoms with Crippen LogP contribution in [0.5, 0.6) is 17.2 Å². The van der Waals surface area contributed by atoms with Crippen LogP contribution in [0.25, 0.3) is 6.08 Å². The van der Waals surface area contributed by atoms with Crippen LogP contribution in [0, 0.1) is 11.8 Å². The average Bonchev–Trinajstić information content (AvgIpc) is 3.29. The van der Waals surface area contributed by atoms with Gasteiger partial charge in [-0.3, -0.25) is 19.4 Å². The Bertz CT molecular complexity index is 2120. The monoisotopic (exact) mass is 746 g/mol. The lowest BCUT2D eigenvalue weighted by molar-refractivity contribution is -0.171. The SMILES string of the molecule is CCN(Cc1cccnc1)C(=O)/C(C)=C\CC12OC(C)(C)C3CC(C=C4C(=O)c5c(O)c6c(c(CC=C(C)C)c5OC431)OC(C)(CCC=C(C)C)C=C6)C2=O. The van der Waals surface area contributed by atoms with Gasteiger partial charge in [0.05, 0.1) is 11.2 Å². The fourth-order valence-corrected chi connectivity index (χ4v) is 9.46. The number of phenols is 1. The lowest BCUT2D eigenvalue weighted by Crippen LogP contribution is -2.72. The fourth-order valence-electron chi connectivity index (χ4n) is 9.46. The number of hydrogen-bond donors (Lipinski definition) is 1. The Balaban J connectivity index is 1.35. The molecule has 2 fully saturated rings. The number of hydrogen-bond acceptors (Lipinski definition) is 8. The Hall–Kier alpha value is -4.76. The number of ether oxygens (including phenoxy) is 3. The quantitative estimate of drug-likeness (QED) is 0.180. The summed E-state index contributed by atoms with van der Waals surface area (Å²) in [6, 6.07) is 3.78. The summed E-state index contributed by atoms with van der Waals surface area (Å²) in [4.78, 5) is 49.6. The topological polar surface area (TPSA) is 115 Å². The molecule has 5 atom stereocenters. The van der Waals surface area contributed by atoms with Crippen LogP contribution in [0.4, 0.5) is 0 Å². The van der Waals surface area contributed by atoms with Crippen molar-refractivity contribution in [2.24, 2.45) is 11.8 Å². The zero-order valence-electron chi connectivity index (χ0n) is 33.7. The Morgan fingerprint density at radius 2 is 1.78 bits per heavy atom. The molecule has 6 aliphatic rings. The molecule has 1 aromatic heterocycles. The number of likely N-dealkylation sites (N-methyl/N-ethyl adjacent to an activating group) is 1. The minimum absolute atomic E-state index is 0.0339. The number of rotatable bonds is 11. The zero-order valence-corrected chi connectivity index (χ0v) is 33.7. The first kappa shape index (κ1) is 38.5. The maximum absolute atomic E-state index is 15.0. The smallest absolute Gasteiger partial charge is 0.249 e. The van der Waals surface area contributed by atoms with E-state index in [9.17, 15) is 14.7 Å². The Morgan fingerprint density at radius 3 is 2.45 bits per heavy atom. The second-order valence-corrected chi connectivity index (χ2v) is 17.1. The minimum atomic E-state index is -1.59. The average molecular weight is 747 g/mol. The highest BCUT2D eigenvalue weighted by atomic mass is 16.6. The highest BCUT2D eigenvalue weighted by molar-refractivity contribution is 6.19. The molecule has 3 aliphatic carbocycles. The maximum atomic E-state index is 15.0. The van der Waals surface area contributed by atoms with Gasteiger partial charge >= 0.3 is 0 Å². The lowest BCUT2D eigenvalue weighted by Gasteiger charge is -2.56. The molecule has 4 heterocycles. The van der Waals surface area contributed by atoms with Gasteiger partial charge in [0.2, 0.25) is 5.91 Å². The zero-order chi connectivity index (χ0) is 39.7. The summed E-state index contributed by atoms with van der Waals surface area (Å²) in [6.45, 7) is 18.7. The molecule has 1 amide bonds. The standard InChI is InChI=1S/C46H54N2O7/c1-10-48(26-30-14-12-22-47-25-30)42(52)29(6)17-21-45-41(51)31-23-34-38(50)36-37(49)32-18-20-44(9,19-11-13-27(2)3)53-39(32)33(16-15-28(4)5)40(36)54-46(34,45)35(24-31)43(7,8)55-45/h12-15,17-18,20,22-23,25,31,35,49H,10-11,16,19,21,24,26H2,1-9H3/b29-17-. The molecule has 8 rings (SSSR count). The fraction of sp³-hybridized carbons (Fsp3) is 0.478. The number of allylic oxidation sites excluding steroid dienone is 5. The molecule has 0 radical (unpaired) electrons. The van der Waals surface area contributed by atoms with Crippen molar-refractivity contribution in [1.29, 1.82) is 0 Å². The van der Waals surface area contributed by atoms with E-state index in [0.29, 0.717) is 60.4 Å². The van der Waals surface area contributed by atoms with Gasteiger partial charge in [0, 0.05) is 60.4 Å². The molecule has 1 spiro atoms. The van der Waals surface area contributed by atoms with Crippen LogP contribution in [0.2, 0.25) is 0 Å². The largest absolute Gasteiger partial charge is 0.506 e. The van der Waals surface area contributed by atoms with Crippen molar-refractivity contribution in [1.82, 2.24) is 9.88 Å². The van der Waals surface area contributed by atoms with Crippen LogP contribution in [0.15, 0.2) is 77.2 Å². The van der Waals surface area contributed by atoms with E-state index >= 15 is 4.79 Å². The third-order valence-electron chi connectivity index (χ3n) is 12.2. The van der Waals surface area contributed by atoms with Crippen LogP contribution >= 0.6 is 0 Å². The number of aromatic hydroxyl groups is 1. The molecule has 5 unspecified atom stereocenters. The molecule has 55 heavy (non-hydrogen) atoms. The van der Waals surface area contributed by atoms with Gasteiger partial charge in [0.15, 0.2) is 22.8 Å². The highest BCUT2D eigenvalue weighted by Gasteiger charge is 2.81. The molecule has 1 saturated carbocycles. The van der Waals surface area contributed by atoms with Crippen LogP contribution in [0.3, 0.4) is 0 Å². The van der Waals surface area contributed by atoms with Crippen molar-refractivity contribution in [3.63, 3.8) is 0 Å². The molecule has 290 valence electrons. The normalized spacial score (nSPS) is 27.9. The Kier molecular flexibility index (Phi) is 9.64.